The molecule has 3 heteroatoms. The summed E-state index contributed by atoms with van der Waals surface area (Å²) >= 11 is 0. The molecule has 1 N–H and O–H groups in total. The molecule has 0 amide bonds. The lowest BCUT2D eigenvalue weighted by atomic mass is 10.0. The third-order valence-electron chi connectivity index (χ3n) is 4.00. The fourth-order valence-electron chi connectivity index (χ4n) is 2.88. The summed E-state index contributed by atoms with van der Waals surface area (Å²) in [5, 5.41) is 3.65. The maximum atomic E-state index is 5.29. The highest BCUT2D eigenvalue weighted by Gasteiger charge is 2.25. The molecule has 1 aromatic carbocycles. The minimum atomic E-state index is 0.542. The van der Waals surface area contributed by atoms with Gasteiger partial charge in [-0.25, -0.2) is 0 Å². The van der Waals surface area contributed by atoms with E-state index in [4.69, 9.17) is 4.74 Å². The van der Waals surface area contributed by atoms with Crippen LogP contribution in [0.2, 0.25) is 0 Å². The highest BCUT2D eigenvalue weighted by Crippen LogP contribution is 2.28. The zero-order valence-corrected chi connectivity index (χ0v) is 12.6. The van der Waals surface area contributed by atoms with Gasteiger partial charge in [-0.1, -0.05) is 13.3 Å². The first kappa shape index (κ1) is 14.2. The molecule has 2 rings (SSSR count). The fourth-order valence-corrected chi connectivity index (χ4v) is 2.88. The summed E-state index contributed by atoms with van der Waals surface area (Å²) in [5.74, 6) is 0.939. The molecule has 0 aliphatic carbocycles. The van der Waals surface area contributed by atoms with Gasteiger partial charge in [-0.2, -0.15) is 0 Å². The molecule has 0 aromatic heterocycles. The van der Waals surface area contributed by atoms with Crippen LogP contribution in [0.1, 0.15) is 32.3 Å². The van der Waals surface area contributed by atoms with Gasteiger partial charge >= 0.3 is 0 Å². The molecule has 19 heavy (non-hydrogen) atoms. The number of rotatable bonds is 4. The van der Waals surface area contributed by atoms with Crippen molar-refractivity contribution in [1.82, 2.24) is 5.32 Å². The second-order valence-electron chi connectivity index (χ2n) is 5.55. The monoisotopic (exact) mass is 262 g/mol. The summed E-state index contributed by atoms with van der Waals surface area (Å²) in [4.78, 5) is 2.53. The van der Waals surface area contributed by atoms with Crippen LogP contribution in [0.25, 0.3) is 0 Å². The Balaban J connectivity index is 2.18. The van der Waals surface area contributed by atoms with Crippen LogP contribution in [0.4, 0.5) is 5.69 Å². The van der Waals surface area contributed by atoms with Gasteiger partial charge in [-0.3, -0.25) is 0 Å². The largest absolute Gasteiger partial charge is 0.497 e. The molecule has 0 saturated carbocycles. The van der Waals surface area contributed by atoms with Crippen molar-refractivity contribution in [3.05, 3.63) is 23.8 Å². The zero-order chi connectivity index (χ0) is 13.8. The summed E-state index contributed by atoms with van der Waals surface area (Å²) in [6.07, 6.45) is 2.49. The number of nitrogens with one attached hydrogen (secondary N) is 1. The van der Waals surface area contributed by atoms with E-state index >= 15 is 0 Å². The van der Waals surface area contributed by atoms with E-state index in [9.17, 15) is 0 Å². The van der Waals surface area contributed by atoms with Crippen molar-refractivity contribution in [2.45, 2.75) is 45.7 Å². The lowest BCUT2D eigenvalue weighted by molar-refractivity contribution is 0.385. The lowest BCUT2D eigenvalue weighted by Gasteiger charge is -2.41. The summed E-state index contributed by atoms with van der Waals surface area (Å²) in [5.41, 5.74) is 2.64. The standard InChI is InChI=1S/C16H26N2O/c1-5-6-14-11-18(13(3)10-17-14)16-8-7-15(19-4)9-12(16)2/h7-9,13-14,17H,5-6,10-11H2,1-4H3. The molecule has 1 fully saturated rings. The average Bonchev–Trinajstić information content (AvgIpc) is 2.41. The van der Waals surface area contributed by atoms with E-state index in [1.807, 2.05) is 0 Å². The smallest absolute Gasteiger partial charge is 0.119 e. The van der Waals surface area contributed by atoms with E-state index in [0.29, 0.717) is 12.1 Å². The molecule has 1 aliphatic heterocycles. The van der Waals surface area contributed by atoms with E-state index in [0.717, 1.165) is 18.8 Å². The Morgan fingerprint density at radius 1 is 1.42 bits per heavy atom. The minimum Gasteiger partial charge on any atom is -0.497 e. The van der Waals surface area contributed by atoms with Crippen molar-refractivity contribution in [2.75, 3.05) is 25.1 Å². The first-order valence-corrected chi connectivity index (χ1v) is 7.30. The molecule has 106 valence electrons. The van der Waals surface area contributed by atoms with Gasteiger partial charge in [0, 0.05) is 30.9 Å². The zero-order valence-electron chi connectivity index (χ0n) is 12.6. The van der Waals surface area contributed by atoms with Crippen molar-refractivity contribution in [2.24, 2.45) is 0 Å². The summed E-state index contributed by atoms with van der Waals surface area (Å²) in [6, 6.07) is 7.53. The Labute approximate surface area is 116 Å². The molecule has 2 unspecified atom stereocenters. The van der Waals surface area contributed by atoms with Crippen LogP contribution in [-0.4, -0.2) is 32.3 Å². The predicted octanol–water partition coefficient (Wildman–Crippen LogP) is 2.97. The number of benzene rings is 1. The number of aryl methyl sites for hydroxylation is 1. The maximum Gasteiger partial charge on any atom is 0.119 e. The molecular weight excluding hydrogens is 236 g/mol. The Morgan fingerprint density at radius 3 is 2.84 bits per heavy atom. The molecule has 0 radical (unpaired) electrons. The van der Waals surface area contributed by atoms with Crippen molar-refractivity contribution in [3.8, 4) is 5.75 Å². The topological polar surface area (TPSA) is 24.5 Å². The third kappa shape index (κ3) is 3.21. The molecular formula is C16H26N2O. The molecule has 0 bridgehead atoms. The number of hydrogen-bond donors (Lipinski definition) is 1. The third-order valence-corrected chi connectivity index (χ3v) is 4.00. The first-order valence-electron chi connectivity index (χ1n) is 7.30. The first-order chi connectivity index (χ1) is 9.15. The summed E-state index contributed by atoms with van der Waals surface area (Å²) in [7, 11) is 1.72. The summed E-state index contributed by atoms with van der Waals surface area (Å²) < 4.78 is 5.29. The molecule has 0 spiro atoms. The molecule has 1 aliphatic rings. The lowest BCUT2D eigenvalue weighted by Crippen LogP contribution is -2.55. The van der Waals surface area contributed by atoms with E-state index in [1.165, 1.54) is 24.1 Å². The van der Waals surface area contributed by atoms with E-state index < -0.39 is 0 Å². The van der Waals surface area contributed by atoms with Gasteiger partial charge in [-0.05, 0) is 44.0 Å². The predicted molar refractivity (Wildman–Crippen MR) is 81.2 cm³/mol. The maximum absolute atomic E-state index is 5.29. The van der Waals surface area contributed by atoms with Gasteiger partial charge < -0.3 is 15.0 Å². The van der Waals surface area contributed by atoms with Gasteiger partial charge in [0.15, 0.2) is 0 Å². The van der Waals surface area contributed by atoms with Crippen molar-refractivity contribution in [3.63, 3.8) is 0 Å². The van der Waals surface area contributed by atoms with Crippen LogP contribution < -0.4 is 15.0 Å². The van der Waals surface area contributed by atoms with Gasteiger partial charge in [0.05, 0.1) is 7.11 Å². The van der Waals surface area contributed by atoms with Gasteiger partial charge in [-0.15, -0.1) is 0 Å². The van der Waals surface area contributed by atoms with Crippen LogP contribution in [-0.2, 0) is 0 Å². The number of nitrogens with zero attached hydrogens (tertiary/aromatic N) is 1. The van der Waals surface area contributed by atoms with Crippen LogP contribution in [0.15, 0.2) is 18.2 Å². The second kappa shape index (κ2) is 6.29. The number of piperazine rings is 1. The summed E-state index contributed by atoms with van der Waals surface area (Å²) in [6.45, 7) is 8.88. The van der Waals surface area contributed by atoms with Crippen LogP contribution >= 0.6 is 0 Å². The van der Waals surface area contributed by atoms with E-state index in [-0.39, 0.29) is 0 Å². The van der Waals surface area contributed by atoms with Gasteiger partial charge in [0.2, 0.25) is 0 Å². The SMILES string of the molecule is CCCC1CN(c2ccc(OC)cc2C)C(C)CN1. The van der Waals surface area contributed by atoms with Crippen LogP contribution in [0.3, 0.4) is 0 Å². The van der Waals surface area contributed by atoms with Crippen molar-refractivity contribution in [1.29, 1.82) is 0 Å². The number of hydrogen-bond acceptors (Lipinski definition) is 3. The molecule has 1 aromatic rings. The minimum absolute atomic E-state index is 0.542. The van der Waals surface area contributed by atoms with Crippen molar-refractivity contribution >= 4 is 5.69 Å². The van der Waals surface area contributed by atoms with Gasteiger partial charge in [0.25, 0.3) is 0 Å². The molecule has 1 saturated heterocycles. The number of methoxy groups -OCH3 is 1. The fraction of sp³-hybridized carbons (Fsp3) is 0.625. The molecule has 1 heterocycles. The average molecular weight is 262 g/mol. The quantitative estimate of drug-likeness (QED) is 0.903. The second-order valence-corrected chi connectivity index (χ2v) is 5.55. The Bertz CT molecular complexity index is 419. The normalized spacial score (nSPS) is 23.5. The molecule has 2 atom stereocenters. The van der Waals surface area contributed by atoms with Crippen LogP contribution in [0, 0.1) is 6.92 Å². The highest BCUT2D eigenvalue weighted by molar-refractivity contribution is 5.57. The van der Waals surface area contributed by atoms with E-state index in [1.54, 1.807) is 7.11 Å². The Hall–Kier alpha value is -1.22. The van der Waals surface area contributed by atoms with E-state index in [2.05, 4.69) is 49.2 Å². The highest BCUT2D eigenvalue weighted by atomic mass is 16.5. The Kier molecular flexibility index (Phi) is 4.70. The van der Waals surface area contributed by atoms with Crippen LogP contribution in [0.5, 0.6) is 5.75 Å². The van der Waals surface area contributed by atoms with Gasteiger partial charge in [0.1, 0.15) is 5.75 Å². The molecule has 3 nitrogen and oxygen atoms in total. The number of ether oxygens (including phenoxy) is 1. The Morgan fingerprint density at radius 2 is 2.21 bits per heavy atom. The van der Waals surface area contributed by atoms with Crippen molar-refractivity contribution < 1.29 is 4.74 Å². The number of anilines is 1.